The predicted molar refractivity (Wildman–Crippen MR) is 78.4 cm³/mol. The third-order valence-electron chi connectivity index (χ3n) is 2.92. The van der Waals surface area contributed by atoms with Crippen molar-refractivity contribution < 1.29 is 8.78 Å². The van der Waals surface area contributed by atoms with Crippen molar-refractivity contribution in [2.24, 2.45) is 0 Å². The van der Waals surface area contributed by atoms with E-state index < -0.39 is 5.82 Å². The molecule has 1 aromatic carbocycles. The molecule has 0 bridgehead atoms. The van der Waals surface area contributed by atoms with Crippen molar-refractivity contribution in [3.63, 3.8) is 0 Å². The van der Waals surface area contributed by atoms with Gasteiger partial charge in [0.05, 0.1) is 0 Å². The van der Waals surface area contributed by atoms with Crippen LogP contribution in [0.2, 0.25) is 0 Å². The number of thiophene rings is 1. The van der Waals surface area contributed by atoms with Crippen molar-refractivity contribution in [3.05, 3.63) is 55.7 Å². The molecule has 0 fully saturated rings. The highest BCUT2D eigenvalue weighted by Gasteiger charge is 2.12. The lowest BCUT2D eigenvalue weighted by molar-refractivity contribution is 0.520. The van der Waals surface area contributed by atoms with Gasteiger partial charge >= 0.3 is 0 Å². The quantitative estimate of drug-likeness (QED) is 0.826. The van der Waals surface area contributed by atoms with Crippen LogP contribution in [0.5, 0.6) is 0 Å². The van der Waals surface area contributed by atoms with Crippen molar-refractivity contribution in [1.82, 2.24) is 5.32 Å². The van der Waals surface area contributed by atoms with E-state index >= 15 is 0 Å². The van der Waals surface area contributed by atoms with Crippen LogP contribution in [0.4, 0.5) is 8.78 Å². The topological polar surface area (TPSA) is 12.0 Å². The summed E-state index contributed by atoms with van der Waals surface area (Å²) >= 11 is 5.14. The molecule has 1 N–H and O–H groups in total. The molecular formula is C14H14BrF2NS. The lowest BCUT2D eigenvalue weighted by Gasteiger charge is -2.14. The summed E-state index contributed by atoms with van der Waals surface area (Å²) in [6.45, 7) is 4.50. The first-order chi connectivity index (χ1) is 8.97. The van der Waals surface area contributed by atoms with Gasteiger partial charge in [0.15, 0.2) is 0 Å². The number of rotatable bonds is 4. The van der Waals surface area contributed by atoms with Gasteiger partial charge in [-0.25, -0.2) is 8.78 Å². The lowest BCUT2D eigenvalue weighted by Crippen LogP contribution is -2.18. The molecule has 1 nitrogen and oxygen atoms in total. The van der Waals surface area contributed by atoms with Gasteiger partial charge in [-0.2, -0.15) is 0 Å². The average Bonchev–Trinajstić information content (AvgIpc) is 2.69. The monoisotopic (exact) mass is 345 g/mol. The van der Waals surface area contributed by atoms with Gasteiger partial charge in [-0.05, 0) is 54.0 Å². The first-order valence-corrected chi connectivity index (χ1v) is 7.51. The summed E-state index contributed by atoms with van der Waals surface area (Å²) in [5.41, 5.74) is 0.354. The Balaban J connectivity index is 2.04. The minimum atomic E-state index is -0.417. The summed E-state index contributed by atoms with van der Waals surface area (Å²) in [4.78, 5) is 2.37. The second-order valence-electron chi connectivity index (χ2n) is 4.39. The Morgan fingerprint density at radius 1 is 1.32 bits per heavy atom. The number of hydrogen-bond acceptors (Lipinski definition) is 2. The average molecular weight is 346 g/mol. The van der Waals surface area contributed by atoms with Crippen LogP contribution in [0.3, 0.4) is 0 Å². The van der Waals surface area contributed by atoms with Gasteiger partial charge in [-0.1, -0.05) is 0 Å². The van der Waals surface area contributed by atoms with E-state index in [2.05, 4.69) is 21.2 Å². The van der Waals surface area contributed by atoms with Gasteiger partial charge in [-0.15, -0.1) is 11.3 Å². The van der Waals surface area contributed by atoms with Crippen LogP contribution >= 0.6 is 27.3 Å². The van der Waals surface area contributed by atoms with Crippen LogP contribution in [0.25, 0.3) is 0 Å². The maximum atomic E-state index is 13.6. The molecular weight excluding hydrogens is 332 g/mol. The minimum absolute atomic E-state index is 0.239. The molecule has 0 radical (unpaired) electrons. The second kappa shape index (κ2) is 6.11. The van der Waals surface area contributed by atoms with Gasteiger partial charge in [-0.3, -0.25) is 0 Å². The summed E-state index contributed by atoms with van der Waals surface area (Å²) in [5, 5.41) is 3.21. The van der Waals surface area contributed by atoms with Gasteiger partial charge in [0.2, 0.25) is 0 Å². The summed E-state index contributed by atoms with van der Waals surface area (Å²) in [5.74, 6) is -0.801. The number of halogens is 3. The van der Waals surface area contributed by atoms with Crippen molar-refractivity contribution in [3.8, 4) is 0 Å². The van der Waals surface area contributed by atoms with E-state index in [-0.39, 0.29) is 11.9 Å². The van der Waals surface area contributed by atoms with E-state index in [0.29, 0.717) is 12.1 Å². The number of aryl methyl sites for hydroxylation is 1. The molecule has 2 rings (SSSR count). The summed E-state index contributed by atoms with van der Waals surface area (Å²) in [6, 6.07) is 5.33. The number of nitrogens with one attached hydrogen (secondary N) is 1. The van der Waals surface area contributed by atoms with Crippen molar-refractivity contribution in [2.75, 3.05) is 0 Å². The molecule has 2 aromatic rings. The van der Waals surface area contributed by atoms with E-state index in [4.69, 9.17) is 0 Å². The maximum Gasteiger partial charge on any atom is 0.128 e. The fourth-order valence-electron chi connectivity index (χ4n) is 1.82. The Hall–Kier alpha value is -0.780. The molecule has 0 aliphatic heterocycles. The molecule has 19 heavy (non-hydrogen) atoms. The van der Waals surface area contributed by atoms with Crippen molar-refractivity contribution >= 4 is 27.3 Å². The molecule has 0 saturated heterocycles. The van der Waals surface area contributed by atoms with Crippen LogP contribution in [0.15, 0.2) is 28.7 Å². The smallest absolute Gasteiger partial charge is 0.128 e. The Labute approximate surface area is 123 Å². The first kappa shape index (κ1) is 14.6. The number of benzene rings is 1. The van der Waals surface area contributed by atoms with Gasteiger partial charge < -0.3 is 5.32 Å². The second-order valence-corrected chi connectivity index (χ2v) is 6.58. The van der Waals surface area contributed by atoms with E-state index in [1.807, 2.05) is 19.9 Å². The SMILES string of the molecule is Cc1sc(CNC(C)c2cc(F)ccc2F)cc1Br. The van der Waals surface area contributed by atoms with Crippen molar-refractivity contribution in [1.29, 1.82) is 0 Å². The lowest BCUT2D eigenvalue weighted by atomic mass is 10.1. The maximum absolute atomic E-state index is 13.6. The fourth-order valence-corrected chi connectivity index (χ4v) is 3.37. The van der Waals surface area contributed by atoms with Crippen LogP contribution in [-0.4, -0.2) is 0 Å². The normalized spacial score (nSPS) is 12.7. The predicted octanol–water partition coefficient (Wildman–Crippen LogP) is 4.95. The van der Waals surface area contributed by atoms with Crippen LogP contribution in [-0.2, 0) is 6.54 Å². The molecule has 1 unspecified atom stereocenters. The highest BCUT2D eigenvalue weighted by Crippen LogP contribution is 2.27. The zero-order valence-electron chi connectivity index (χ0n) is 10.6. The number of hydrogen-bond donors (Lipinski definition) is 1. The van der Waals surface area contributed by atoms with E-state index in [1.165, 1.54) is 10.9 Å². The molecule has 0 aliphatic rings. The summed E-state index contributed by atoms with van der Waals surface area (Å²) < 4.78 is 27.8. The molecule has 0 saturated carbocycles. The minimum Gasteiger partial charge on any atom is -0.305 e. The Bertz CT molecular complexity index is 563. The summed E-state index contributed by atoms with van der Waals surface area (Å²) in [6.07, 6.45) is 0. The van der Waals surface area contributed by atoms with E-state index in [0.717, 1.165) is 21.5 Å². The highest BCUT2D eigenvalue weighted by molar-refractivity contribution is 9.10. The van der Waals surface area contributed by atoms with Crippen LogP contribution in [0.1, 0.15) is 28.3 Å². The molecule has 0 amide bonds. The summed E-state index contributed by atoms with van der Waals surface area (Å²) in [7, 11) is 0. The third kappa shape index (κ3) is 3.61. The van der Waals surface area contributed by atoms with Crippen LogP contribution in [0, 0.1) is 18.6 Å². The highest BCUT2D eigenvalue weighted by atomic mass is 79.9. The van der Waals surface area contributed by atoms with Gasteiger partial charge in [0, 0.05) is 32.4 Å². The molecule has 0 spiro atoms. The fraction of sp³-hybridized carbons (Fsp3) is 0.286. The molecule has 1 heterocycles. The van der Waals surface area contributed by atoms with Gasteiger partial charge in [0.1, 0.15) is 11.6 Å². The first-order valence-electron chi connectivity index (χ1n) is 5.90. The molecule has 5 heteroatoms. The Morgan fingerprint density at radius 3 is 2.68 bits per heavy atom. The zero-order chi connectivity index (χ0) is 14.0. The molecule has 0 aliphatic carbocycles. The molecule has 1 aromatic heterocycles. The Kier molecular flexibility index (Phi) is 4.71. The van der Waals surface area contributed by atoms with E-state index in [1.54, 1.807) is 11.3 Å². The van der Waals surface area contributed by atoms with Crippen molar-refractivity contribution in [2.45, 2.75) is 26.4 Å². The standard InChI is InChI=1S/C14H14BrF2NS/c1-8(12-5-10(16)3-4-14(12)17)18-7-11-6-13(15)9(2)19-11/h3-6,8,18H,7H2,1-2H3. The zero-order valence-corrected chi connectivity index (χ0v) is 13.0. The molecule has 1 atom stereocenters. The Morgan fingerprint density at radius 2 is 2.05 bits per heavy atom. The van der Waals surface area contributed by atoms with Gasteiger partial charge in [0.25, 0.3) is 0 Å². The largest absolute Gasteiger partial charge is 0.305 e. The van der Waals surface area contributed by atoms with E-state index in [9.17, 15) is 8.78 Å². The third-order valence-corrected chi connectivity index (χ3v) is 5.05. The molecule has 102 valence electrons. The van der Waals surface area contributed by atoms with Crippen LogP contribution < -0.4 is 5.32 Å².